The van der Waals surface area contributed by atoms with Gasteiger partial charge in [0, 0.05) is 50.1 Å². The number of aryl methyl sites for hydroxylation is 2. The first-order chi connectivity index (χ1) is 11.3. The zero-order valence-electron chi connectivity index (χ0n) is 16.8. The molecule has 0 radical (unpaired) electrons. The van der Waals surface area contributed by atoms with E-state index in [1.165, 1.54) is 4.88 Å². The summed E-state index contributed by atoms with van der Waals surface area (Å²) in [6.45, 7) is 16.1. The summed E-state index contributed by atoms with van der Waals surface area (Å²) in [7, 11) is 1.83. The normalized spacial score (nSPS) is 12.0. The minimum atomic E-state index is 0. The van der Waals surface area contributed by atoms with Crippen molar-refractivity contribution >= 4 is 41.3 Å². The number of hydrogen-bond acceptors (Lipinski definition) is 4. The van der Waals surface area contributed by atoms with Crippen molar-refractivity contribution in [3.63, 3.8) is 0 Å². The van der Waals surface area contributed by atoms with E-state index in [1.54, 1.807) is 11.3 Å². The summed E-state index contributed by atoms with van der Waals surface area (Å²) in [5.41, 5.74) is 1.16. The fourth-order valence-electron chi connectivity index (χ4n) is 2.90. The van der Waals surface area contributed by atoms with Crippen molar-refractivity contribution in [1.29, 1.82) is 0 Å². The highest BCUT2D eigenvalue weighted by Crippen LogP contribution is 2.16. The molecule has 0 saturated carbocycles. The number of thiazole rings is 1. The second-order valence-corrected chi connectivity index (χ2v) is 7.98. The molecule has 0 aromatic carbocycles. The lowest BCUT2D eigenvalue weighted by molar-refractivity contribution is 0.173. The molecule has 0 bridgehead atoms. The molecule has 0 atom stereocenters. The first-order valence-electron chi connectivity index (χ1n) is 8.98. The average Bonchev–Trinajstić information content (AvgIpc) is 2.82. The zero-order chi connectivity index (χ0) is 18.1. The topological polar surface area (TPSA) is 52.6 Å². The molecule has 0 unspecified atom stereocenters. The van der Waals surface area contributed by atoms with E-state index in [0.717, 1.165) is 49.1 Å². The van der Waals surface area contributed by atoms with Crippen LogP contribution in [-0.2, 0) is 6.42 Å². The van der Waals surface area contributed by atoms with Gasteiger partial charge in [-0.2, -0.15) is 0 Å². The van der Waals surface area contributed by atoms with Gasteiger partial charge in [-0.3, -0.25) is 9.89 Å². The largest absolute Gasteiger partial charge is 0.356 e. The Morgan fingerprint density at radius 2 is 1.72 bits per heavy atom. The van der Waals surface area contributed by atoms with Gasteiger partial charge in [0.1, 0.15) is 0 Å². The van der Waals surface area contributed by atoms with Crippen molar-refractivity contribution in [3.05, 3.63) is 15.6 Å². The molecule has 7 heteroatoms. The van der Waals surface area contributed by atoms with Crippen LogP contribution in [-0.4, -0.2) is 54.6 Å². The highest BCUT2D eigenvalue weighted by molar-refractivity contribution is 14.0. The zero-order valence-corrected chi connectivity index (χ0v) is 20.0. The van der Waals surface area contributed by atoms with Crippen LogP contribution in [0.5, 0.6) is 0 Å². The maximum atomic E-state index is 4.47. The maximum Gasteiger partial charge on any atom is 0.190 e. The summed E-state index contributed by atoms with van der Waals surface area (Å²) < 4.78 is 0. The van der Waals surface area contributed by atoms with Gasteiger partial charge in [-0.1, -0.05) is 0 Å². The fourth-order valence-corrected chi connectivity index (χ4v) is 3.84. The van der Waals surface area contributed by atoms with E-state index in [0.29, 0.717) is 12.1 Å². The third kappa shape index (κ3) is 9.19. The second-order valence-electron chi connectivity index (χ2n) is 6.70. The van der Waals surface area contributed by atoms with E-state index in [4.69, 9.17) is 0 Å². The van der Waals surface area contributed by atoms with Crippen molar-refractivity contribution < 1.29 is 0 Å². The van der Waals surface area contributed by atoms with Crippen molar-refractivity contribution in [2.45, 2.75) is 66.5 Å². The number of halogens is 1. The van der Waals surface area contributed by atoms with Gasteiger partial charge in [-0.05, 0) is 48.0 Å². The Balaban J connectivity index is 0.00000576. The van der Waals surface area contributed by atoms with Gasteiger partial charge in [0.2, 0.25) is 0 Å². The Hall–Kier alpha value is -0.410. The Bertz CT molecular complexity index is 506. The van der Waals surface area contributed by atoms with Crippen molar-refractivity contribution in [2.75, 3.05) is 26.7 Å². The molecule has 0 aliphatic carbocycles. The van der Waals surface area contributed by atoms with E-state index in [-0.39, 0.29) is 24.0 Å². The molecular formula is C18H36IN5S. The summed E-state index contributed by atoms with van der Waals surface area (Å²) in [6, 6.07) is 1.18. The number of nitrogens with zero attached hydrogens (tertiary/aromatic N) is 3. The number of nitrogens with one attached hydrogen (secondary N) is 2. The van der Waals surface area contributed by atoms with E-state index in [9.17, 15) is 0 Å². The van der Waals surface area contributed by atoms with Gasteiger partial charge in [-0.25, -0.2) is 4.98 Å². The monoisotopic (exact) mass is 481 g/mol. The lowest BCUT2D eigenvalue weighted by atomic mass is 10.2. The Labute approximate surface area is 175 Å². The standard InChI is InChI=1S/C18H35N5S.HI/c1-13(2)23(14(3)4)12-8-10-20-18(19-7)21-11-9-17-15(5)22-16(6)24-17;/h13-14H,8-12H2,1-7H3,(H2,19,20,21);1H. The molecule has 25 heavy (non-hydrogen) atoms. The molecule has 0 fully saturated rings. The molecule has 0 amide bonds. The smallest absolute Gasteiger partial charge is 0.190 e. The van der Waals surface area contributed by atoms with Gasteiger partial charge in [0.05, 0.1) is 10.7 Å². The molecule has 2 N–H and O–H groups in total. The highest BCUT2D eigenvalue weighted by Gasteiger charge is 2.12. The van der Waals surface area contributed by atoms with E-state index < -0.39 is 0 Å². The summed E-state index contributed by atoms with van der Waals surface area (Å²) in [5, 5.41) is 7.94. The molecule has 146 valence electrons. The first kappa shape index (κ1) is 24.6. The summed E-state index contributed by atoms with van der Waals surface area (Å²) in [5.74, 6) is 0.884. The SMILES string of the molecule is CN=C(NCCCN(C(C)C)C(C)C)NCCc1sc(C)nc1C.I. The molecule has 5 nitrogen and oxygen atoms in total. The molecular weight excluding hydrogens is 445 g/mol. The van der Waals surface area contributed by atoms with Crippen LogP contribution in [0.25, 0.3) is 0 Å². The minimum absolute atomic E-state index is 0. The molecule has 1 rings (SSSR count). The molecule has 1 aromatic rings. The Morgan fingerprint density at radius 3 is 2.20 bits per heavy atom. The van der Waals surface area contributed by atoms with Gasteiger partial charge in [0.25, 0.3) is 0 Å². The third-order valence-electron chi connectivity index (χ3n) is 4.08. The predicted octanol–water partition coefficient (Wildman–Crippen LogP) is 3.59. The van der Waals surface area contributed by atoms with Gasteiger partial charge in [0.15, 0.2) is 5.96 Å². The van der Waals surface area contributed by atoms with Crippen molar-refractivity contribution in [3.8, 4) is 0 Å². The number of rotatable bonds is 9. The van der Waals surface area contributed by atoms with E-state index in [2.05, 4.69) is 67.1 Å². The second kappa shape index (κ2) is 12.9. The molecule has 0 aliphatic rings. The minimum Gasteiger partial charge on any atom is -0.356 e. The lowest BCUT2D eigenvalue weighted by Crippen LogP contribution is -2.41. The van der Waals surface area contributed by atoms with Crippen LogP contribution in [0.1, 0.15) is 49.7 Å². The quantitative estimate of drug-likeness (QED) is 0.245. The number of guanidine groups is 1. The van der Waals surface area contributed by atoms with Crippen LogP contribution in [0.4, 0.5) is 0 Å². The predicted molar refractivity (Wildman–Crippen MR) is 122 cm³/mol. The molecule has 0 saturated heterocycles. The van der Waals surface area contributed by atoms with Crippen LogP contribution < -0.4 is 10.6 Å². The van der Waals surface area contributed by atoms with E-state index >= 15 is 0 Å². The average molecular weight is 481 g/mol. The van der Waals surface area contributed by atoms with Crippen LogP contribution in [0.15, 0.2) is 4.99 Å². The summed E-state index contributed by atoms with van der Waals surface area (Å²) >= 11 is 1.79. The lowest BCUT2D eigenvalue weighted by Gasteiger charge is -2.30. The summed E-state index contributed by atoms with van der Waals surface area (Å²) in [4.78, 5) is 12.7. The van der Waals surface area contributed by atoms with Crippen molar-refractivity contribution in [1.82, 2.24) is 20.5 Å². The highest BCUT2D eigenvalue weighted by atomic mass is 127. The molecule has 0 spiro atoms. The van der Waals surface area contributed by atoms with Crippen LogP contribution in [0, 0.1) is 13.8 Å². The number of hydrogen-bond donors (Lipinski definition) is 2. The van der Waals surface area contributed by atoms with Crippen LogP contribution >= 0.6 is 35.3 Å². The van der Waals surface area contributed by atoms with Gasteiger partial charge >= 0.3 is 0 Å². The Morgan fingerprint density at radius 1 is 1.12 bits per heavy atom. The number of aromatic nitrogens is 1. The van der Waals surface area contributed by atoms with Crippen LogP contribution in [0.2, 0.25) is 0 Å². The van der Waals surface area contributed by atoms with Gasteiger partial charge < -0.3 is 10.6 Å². The maximum absolute atomic E-state index is 4.47. The third-order valence-corrected chi connectivity index (χ3v) is 5.21. The van der Waals surface area contributed by atoms with E-state index in [1.807, 2.05) is 7.05 Å². The molecule has 0 aliphatic heterocycles. The summed E-state index contributed by atoms with van der Waals surface area (Å²) in [6.07, 6.45) is 2.11. The van der Waals surface area contributed by atoms with Crippen LogP contribution in [0.3, 0.4) is 0 Å². The van der Waals surface area contributed by atoms with Crippen molar-refractivity contribution in [2.24, 2.45) is 4.99 Å². The first-order valence-corrected chi connectivity index (χ1v) is 9.80. The molecule has 1 aromatic heterocycles. The Kier molecular flexibility index (Phi) is 12.7. The number of aliphatic imine (C=N–C) groups is 1. The van der Waals surface area contributed by atoms with Gasteiger partial charge in [-0.15, -0.1) is 35.3 Å². The molecule has 1 heterocycles. The fraction of sp³-hybridized carbons (Fsp3) is 0.778.